The zero-order chi connectivity index (χ0) is 10.7. The number of nitrogens with two attached hydrogens (primary N) is 1. The molecule has 0 atom stereocenters. The number of carbonyl (C=O) groups is 1. The second kappa shape index (κ2) is 3.99. The maximum atomic E-state index is 11.3. The van der Waals surface area contributed by atoms with E-state index in [0.717, 1.165) is 0 Å². The fourth-order valence-electron chi connectivity index (χ4n) is 0.974. The lowest BCUT2D eigenvalue weighted by atomic mass is 10.3. The van der Waals surface area contributed by atoms with E-state index in [2.05, 4.69) is 19.7 Å². The van der Waals surface area contributed by atoms with Crippen molar-refractivity contribution in [2.45, 2.75) is 19.9 Å². The zero-order valence-electron chi connectivity index (χ0n) is 8.33. The van der Waals surface area contributed by atoms with E-state index >= 15 is 0 Å². The van der Waals surface area contributed by atoms with Crippen LogP contribution in [0.3, 0.4) is 0 Å². The number of hydrogen-bond donors (Lipinski definition) is 2. The molecule has 1 aromatic heterocycles. The summed E-state index contributed by atoms with van der Waals surface area (Å²) in [5.41, 5.74) is 5.56. The van der Waals surface area contributed by atoms with Gasteiger partial charge in [0.1, 0.15) is 0 Å². The molecule has 0 aliphatic heterocycles. The van der Waals surface area contributed by atoms with Gasteiger partial charge in [0.05, 0.1) is 7.11 Å². The first-order valence-corrected chi connectivity index (χ1v) is 4.16. The van der Waals surface area contributed by atoms with Gasteiger partial charge in [0, 0.05) is 6.04 Å². The minimum absolute atomic E-state index is 0.0417. The van der Waals surface area contributed by atoms with Crippen molar-refractivity contribution >= 4 is 17.7 Å². The largest absolute Gasteiger partial charge is 0.465 e. The van der Waals surface area contributed by atoms with Crippen LogP contribution in [0.5, 0.6) is 0 Å². The normalized spacial score (nSPS) is 10.3. The van der Waals surface area contributed by atoms with Crippen LogP contribution in [-0.2, 0) is 4.74 Å². The molecule has 0 fully saturated rings. The zero-order valence-corrected chi connectivity index (χ0v) is 8.33. The lowest BCUT2D eigenvalue weighted by molar-refractivity contribution is 0.0602. The smallest absolute Gasteiger partial charge is 0.347 e. The van der Waals surface area contributed by atoms with Crippen molar-refractivity contribution in [2.75, 3.05) is 18.2 Å². The summed E-state index contributed by atoms with van der Waals surface area (Å²) in [5, 5.41) is 6.54. The van der Waals surface area contributed by atoms with Crippen molar-refractivity contribution in [3.05, 3.63) is 5.56 Å². The highest BCUT2D eigenvalue weighted by Gasteiger charge is 2.22. The molecule has 0 saturated heterocycles. The molecule has 6 heteroatoms. The Labute approximate surface area is 81.4 Å². The Bertz CT molecular complexity index is 333. The first-order valence-electron chi connectivity index (χ1n) is 4.16. The highest BCUT2D eigenvalue weighted by molar-refractivity contribution is 5.98. The van der Waals surface area contributed by atoms with E-state index in [-0.39, 0.29) is 17.5 Å². The van der Waals surface area contributed by atoms with Crippen LogP contribution in [0.4, 0.5) is 11.7 Å². The molecule has 0 unspecified atom stereocenters. The molecule has 1 heterocycles. The number of aromatic nitrogens is 1. The molecular formula is C8H13N3O3. The average molecular weight is 199 g/mol. The maximum Gasteiger partial charge on any atom is 0.347 e. The van der Waals surface area contributed by atoms with Crippen LogP contribution in [0.1, 0.15) is 24.2 Å². The first-order chi connectivity index (χ1) is 6.56. The van der Waals surface area contributed by atoms with Crippen molar-refractivity contribution in [3.8, 4) is 0 Å². The minimum atomic E-state index is -0.563. The molecule has 0 spiro atoms. The molecule has 0 radical (unpaired) electrons. The summed E-state index contributed by atoms with van der Waals surface area (Å²) in [4.78, 5) is 11.3. The number of carbonyl (C=O) groups excluding carboxylic acids is 1. The molecule has 0 aromatic carbocycles. The van der Waals surface area contributed by atoms with E-state index in [9.17, 15) is 4.79 Å². The third-order valence-corrected chi connectivity index (χ3v) is 1.53. The van der Waals surface area contributed by atoms with Crippen molar-refractivity contribution in [3.63, 3.8) is 0 Å². The Morgan fingerprint density at radius 2 is 2.29 bits per heavy atom. The van der Waals surface area contributed by atoms with Crippen LogP contribution in [0.25, 0.3) is 0 Å². The minimum Gasteiger partial charge on any atom is -0.465 e. The summed E-state index contributed by atoms with van der Waals surface area (Å²) >= 11 is 0. The standard InChI is InChI=1S/C8H13N3O3/c1-4(2)10-7-5(8(12)13-3)6(9)14-11-7/h4H,9H2,1-3H3,(H,10,11). The SMILES string of the molecule is COC(=O)c1c(NC(C)C)noc1N. The van der Waals surface area contributed by atoms with E-state index in [4.69, 9.17) is 5.73 Å². The van der Waals surface area contributed by atoms with Crippen LogP contribution in [0.2, 0.25) is 0 Å². The molecule has 0 aliphatic carbocycles. The third-order valence-electron chi connectivity index (χ3n) is 1.53. The van der Waals surface area contributed by atoms with Gasteiger partial charge < -0.3 is 20.3 Å². The van der Waals surface area contributed by atoms with Crippen molar-refractivity contribution in [1.82, 2.24) is 5.16 Å². The highest BCUT2D eigenvalue weighted by Crippen LogP contribution is 2.22. The molecular weight excluding hydrogens is 186 g/mol. The number of nitrogens with zero attached hydrogens (tertiary/aromatic N) is 1. The molecule has 0 saturated carbocycles. The number of nitrogens with one attached hydrogen (secondary N) is 1. The number of esters is 1. The lowest BCUT2D eigenvalue weighted by Crippen LogP contribution is -2.14. The van der Waals surface area contributed by atoms with Gasteiger partial charge >= 0.3 is 5.97 Å². The second-order valence-corrected chi connectivity index (χ2v) is 3.06. The van der Waals surface area contributed by atoms with E-state index in [1.165, 1.54) is 7.11 Å². The van der Waals surface area contributed by atoms with Gasteiger partial charge in [0.25, 0.3) is 0 Å². The monoisotopic (exact) mass is 199 g/mol. The Morgan fingerprint density at radius 3 is 2.79 bits per heavy atom. The predicted octanol–water partition coefficient (Wildman–Crippen LogP) is 0.864. The van der Waals surface area contributed by atoms with Crippen LogP contribution in [-0.4, -0.2) is 24.3 Å². The summed E-state index contributed by atoms with van der Waals surface area (Å²) in [6.07, 6.45) is 0. The number of nitrogen functional groups attached to an aromatic ring is 1. The number of hydrogen-bond acceptors (Lipinski definition) is 6. The van der Waals surface area contributed by atoms with Gasteiger partial charge in [0.2, 0.25) is 5.88 Å². The molecule has 0 amide bonds. The highest BCUT2D eigenvalue weighted by atomic mass is 16.5. The number of ether oxygens (including phenoxy) is 1. The Hall–Kier alpha value is -1.72. The summed E-state index contributed by atoms with van der Waals surface area (Å²) in [7, 11) is 1.27. The Kier molecular flexibility index (Phi) is 2.95. The van der Waals surface area contributed by atoms with Gasteiger partial charge in [0.15, 0.2) is 11.4 Å². The quantitative estimate of drug-likeness (QED) is 0.702. The number of rotatable bonds is 3. The van der Waals surface area contributed by atoms with Crippen LogP contribution in [0, 0.1) is 0 Å². The first kappa shape index (κ1) is 10.4. The van der Waals surface area contributed by atoms with Crippen LogP contribution in [0.15, 0.2) is 4.52 Å². The topological polar surface area (TPSA) is 90.4 Å². The average Bonchev–Trinajstić information content (AvgIpc) is 2.45. The van der Waals surface area contributed by atoms with Crippen molar-refractivity contribution < 1.29 is 14.1 Å². The van der Waals surface area contributed by atoms with Gasteiger partial charge in [-0.2, -0.15) is 0 Å². The molecule has 3 N–H and O–H groups in total. The van der Waals surface area contributed by atoms with Gasteiger partial charge in [-0.25, -0.2) is 4.79 Å². The van der Waals surface area contributed by atoms with Gasteiger partial charge in [-0.15, -0.1) is 0 Å². The van der Waals surface area contributed by atoms with E-state index in [1.54, 1.807) is 0 Å². The Balaban J connectivity index is 3.00. The second-order valence-electron chi connectivity index (χ2n) is 3.06. The molecule has 1 aromatic rings. The molecule has 0 bridgehead atoms. The predicted molar refractivity (Wildman–Crippen MR) is 51.0 cm³/mol. The summed E-state index contributed by atoms with van der Waals surface area (Å²) < 4.78 is 9.22. The van der Waals surface area contributed by atoms with Crippen LogP contribution >= 0.6 is 0 Å². The fourth-order valence-corrected chi connectivity index (χ4v) is 0.974. The summed E-state index contributed by atoms with van der Waals surface area (Å²) in [6, 6.07) is 0.128. The van der Waals surface area contributed by atoms with Gasteiger partial charge in [-0.1, -0.05) is 5.16 Å². The fraction of sp³-hybridized carbons (Fsp3) is 0.500. The molecule has 6 nitrogen and oxygen atoms in total. The number of methoxy groups -OCH3 is 1. The number of anilines is 2. The molecule has 78 valence electrons. The van der Waals surface area contributed by atoms with E-state index in [1.807, 2.05) is 13.8 Å². The molecule has 0 aliphatic rings. The lowest BCUT2D eigenvalue weighted by Gasteiger charge is -2.06. The van der Waals surface area contributed by atoms with E-state index < -0.39 is 5.97 Å². The van der Waals surface area contributed by atoms with Gasteiger partial charge in [-0.05, 0) is 13.8 Å². The summed E-state index contributed by atoms with van der Waals surface area (Å²) in [6.45, 7) is 3.82. The summed E-state index contributed by atoms with van der Waals surface area (Å²) in [5.74, 6) is -0.295. The van der Waals surface area contributed by atoms with Crippen molar-refractivity contribution in [1.29, 1.82) is 0 Å². The third kappa shape index (κ3) is 1.95. The van der Waals surface area contributed by atoms with Crippen molar-refractivity contribution in [2.24, 2.45) is 0 Å². The molecule has 1 rings (SSSR count). The Morgan fingerprint density at radius 1 is 1.64 bits per heavy atom. The van der Waals surface area contributed by atoms with Crippen LogP contribution < -0.4 is 11.1 Å². The molecule has 14 heavy (non-hydrogen) atoms. The van der Waals surface area contributed by atoms with E-state index in [0.29, 0.717) is 5.82 Å². The van der Waals surface area contributed by atoms with Gasteiger partial charge in [-0.3, -0.25) is 0 Å². The maximum absolute atomic E-state index is 11.3.